The fourth-order valence-electron chi connectivity index (χ4n) is 3.72. The molecular formula is C20H23FN4. The van der Waals surface area contributed by atoms with Gasteiger partial charge < -0.3 is 9.88 Å². The van der Waals surface area contributed by atoms with E-state index in [0.29, 0.717) is 0 Å². The number of halogens is 1. The van der Waals surface area contributed by atoms with Crippen LogP contribution >= 0.6 is 0 Å². The molecule has 0 amide bonds. The highest BCUT2D eigenvalue weighted by molar-refractivity contribution is 5.75. The Morgan fingerprint density at radius 3 is 2.92 bits per heavy atom. The van der Waals surface area contributed by atoms with Gasteiger partial charge in [-0.2, -0.15) is 0 Å². The molecule has 130 valence electrons. The second kappa shape index (κ2) is 6.94. The van der Waals surface area contributed by atoms with Crippen LogP contribution in [0.15, 0.2) is 48.5 Å². The van der Waals surface area contributed by atoms with Crippen LogP contribution in [0.1, 0.15) is 17.4 Å². The first-order chi connectivity index (χ1) is 12.2. The molecule has 4 rings (SSSR count). The van der Waals surface area contributed by atoms with Crippen LogP contribution in [0.25, 0.3) is 11.0 Å². The van der Waals surface area contributed by atoms with E-state index in [1.807, 2.05) is 18.2 Å². The van der Waals surface area contributed by atoms with Gasteiger partial charge in [0.25, 0.3) is 0 Å². The van der Waals surface area contributed by atoms with E-state index in [1.165, 1.54) is 11.6 Å². The quantitative estimate of drug-likeness (QED) is 0.794. The summed E-state index contributed by atoms with van der Waals surface area (Å²) in [5, 5.41) is 3.43. The van der Waals surface area contributed by atoms with Gasteiger partial charge in [0.1, 0.15) is 11.6 Å². The van der Waals surface area contributed by atoms with Gasteiger partial charge >= 0.3 is 0 Å². The van der Waals surface area contributed by atoms with Crippen molar-refractivity contribution < 1.29 is 4.39 Å². The molecule has 1 fully saturated rings. The summed E-state index contributed by atoms with van der Waals surface area (Å²) in [6, 6.07) is 15.4. The Balaban J connectivity index is 1.52. The summed E-state index contributed by atoms with van der Waals surface area (Å²) < 4.78 is 15.8. The molecule has 0 radical (unpaired) electrons. The summed E-state index contributed by atoms with van der Waals surface area (Å²) in [4.78, 5) is 7.20. The van der Waals surface area contributed by atoms with Crippen molar-refractivity contribution in [2.45, 2.75) is 12.5 Å². The van der Waals surface area contributed by atoms with Crippen molar-refractivity contribution >= 4 is 11.0 Å². The van der Waals surface area contributed by atoms with Crippen LogP contribution in [0.3, 0.4) is 0 Å². The molecule has 25 heavy (non-hydrogen) atoms. The van der Waals surface area contributed by atoms with Gasteiger partial charge in [-0.25, -0.2) is 9.37 Å². The summed E-state index contributed by atoms with van der Waals surface area (Å²) in [5.41, 5.74) is 3.25. The monoisotopic (exact) mass is 338 g/mol. The van der Waals surface area contributed by atoms with Crippen molar-refractivity contribution in [1.29, 1.82) is 0 Å². The minimum absolute atomic E-state index is 0.168. The molecule has 1 unspecified atom stereocenters. The van der Waals surface area contributed by atoms with Crippen molar-refractivity contribution in [2.24, 2.45) is 7.05 Å². The maximum absolute atomic E-state index is 13.6. The lowest BCUT2D eigenvalue weighted by molar-refractivity contribution is 0.162. The Kier molecular flexibility index (Phi) is 4.51. The Morgan fingerprint density at radius 2 is 2.08 bits per heavy atom. The highest BCUT2D eigenvalue weighted by Gasteiger charge is 2.24. The standard InChI is InChI=1S/C20H23FN4/c1-24-18-8-3-2-7-17(18)23-20(24)9-11-25-12-10-22-14-19(25)15-5-4-6-16(21)13-15/h2-8,13,19,22H,9-12,14H2,1H3. The number of hydrogen-bond acceptors (Lipinski definition) is 3. The molecule has 1 aliphatic rings. The number of rotatable bonds is 4. The molecule has 0 spiro atoms. The highest BCUT2D eigenvalue weighted by atomic mass is 19.1. The third-order valence-electron chi connectivity index (χ3n) is 5.09. The number of piperazine rings is 1. The van der Waals surface area contributed by atoms with Crippen LogP contribution in [-0.4, -0.2) is 40.6 Å². The lowest BCUT2D eigenvalue weighted by atomic mass is 10.0. The average molecular weight is 338 g/mol. The Hall–Kier alpha value is -2.24. The smallest absolute Gasteiger partial charge is 0.123 e. The number of para-hydroxylation sites is 2. The zero-order valence-electron chi connectivity index (χ0n) is 14.5. The van der Waals surface area contributed by atoms with E-state index >= 15 is 0 Å². The summed E-state index contributed by atoms with van der Waals surface area (Å²) >= 11 is 0. The Labute approximate surface area is 147 Å². The first-order valence-electron chi connectivity index (χ1n) is 8.83. The predicted molar refractivity (Wildman–Crippen MR) is 98.0 cm³/mol. The molecule has 1 atom stereocenters. The predicted octanol–water partition coefficient (Wildman–Crippen LogP) is 2.90. The third kappa shape index (κ3) is 3.30. The normalized spacial score (nSPS) is 18.7. The van der Waals surface area contributed by atoms with Gasteiger partial charge in [-0.15, -0.1) is 0 Å². The number of aromatic nitrogens is 2. The van der Waals surface area contributed by atoms with E-state index in [9.17, 15) is 4.39 Å². The molecule has 5 heteroatoms. The highest BCUT2D eigenvalue weighted by Crippen LogP contribution is 2.23. The molecule has 3 aromatic rings. The molecule has 0 saturated carbocycles. The van der Waals surface area contributed by atoms with Gasteiger partial charge in [0.15, 0.2) is 0 Å². The molecule has 1 N–H and O–H groups in total. The topological polar surface area (TPSA) is 33.1 Å². The van der Waals surface area contributed by atoms with E-state index in [1.54, 1.807) is 12.1 Å². The summed E-state index contributed by atoms with van der Waals surface area (Å²) in [6.07, 6.45) is 0.886. The molecule has 0 aliphatic carbocycles. The molecule has 1 aromatic heterocycles. The van der Waals surface area contributed by atoms with Gasteiger partial charge in [-0.3, -0.25) is 4.90 Å². The van der Waals surface area contributed by atoms with E-state index in [-0.39, 0.29) is 11.9 Å². The largest absolute Gasteiger partial charge is 0.331 e. The number of hydrogen-bond donors (Lipinski definition) is 1. The molecule has 2 heterocycles. The maximum Gasteiger partial charge on any atom is 0.123 e. The summed E-state index contributed by atoms with van der Waals surface area (Å²) in [5.74, 6) is 0.927. The van der Waals surface area contributed by atoms with Gasteiger partial charge in [-0.05, 0) is 29.8 Å². The Bertz CT molecular complexity index is 873. The molecule has 1 saturated heterocycles. The lowest BCUT2D eigenvalue weighted by Gasteiger charge is -2.36. The number of fused-ring (bicyclic) bond motifs is 1. The molecule has 0 bridgehead atoms. The zero-order valence-corrected chi connectivity index (χ0v) is 14.5. The fraction of sp³-hybridized carbons (Fsp3) is 0.350. The van der Waals surface area contributed by atoms with Crippen molar-refractivity contribution in [3.8, 4) is 0 Å². The summed E-state index contributed by atoms with van der Waals surface area (Å²) in [6.45, 7) is 3.70. The maximum atomic E-state index is 13.6. The van der Waals surface area contributed by atoms with Gasteiger partial charge in [-0.1, -0.05) is 24.3 Å². The molecule has 4 nitrogen and oxygen atoms in total. The minimum atomic E-state index is -0.168. The van der Waals surface area contributed by atoms with E-state index in [0.717, 1.165) is 49.5 Å². The third-order valence-corrected chi connectivity index (χ3v) is 5.09. The van der Waals surface area contributed by atoms with Crippen LogP contribution in [0.5, 0.6) is 0 Å². The molecule has 1 aliphatic heterocycles. The first kappa shape index (κ1) is 16.2. The van der Waals surface area contributed by atoms with Crippen LogP contribution in [-0.2, 0) is 13.5 Å². The first-order valence-corrected chi connectivity index (χ1v) is 8.83. The average Bonchev–Trinajstić information content (AvgIpc) is 2.96. The number of nitrogens with one attached hydrogen (secondary N) is 1. The SMILES string of the molecule is Cn1c(CCN2CCNCC2c2cccc(F)c2)nc2ccccc21. The Morgan fingerprint density at radius 1 is 1.20 bits per heavy atom. The van der Waals surface area contributed by atoms with Crippen LogP contribution in [0, 0.1) is 5.82 Å². The second-order valence-electron chi connectivity index (χ2n) is 6.64. The van der Waals surface area contributed by atoms with Crippen molar-refractivity contribution in [3.63, 3.8) is 0 Å². The fourth-order valence-corrected chi connectivity index (χ4v) is 3.72. The van der Waals surface area contributed by atoms with Gasteiger partial charge in [0, 0.05) is 45.7 Å². The second-order valence-corrected chi connectivity index (χ2v) is 6.64. The van der Waals surface area contributed by atoms with Crippen molar-refractivity contribution in [1.82, 2.24) is 19.8 Å². The van der Waals surface area contributed by atoms with Crippen LogP contribution < -0.4 is 5.32 Å². The molecular weight excluding hydrogens is 315 g/mol. The van der Waals surface area contributed by atoms with E-state index in [2.05, 4.69) is 34.0 Å². The lowest BCUT2D eigenvalue weighted by Crippen LogP contribution is -2.46. The van der Waals surface area contributed by atoms with E-state index in [4.69, 9.17) is 4.98 Å². The number of benzene rings is 2. The zero-order chi connectivity index (χ0) is 17.2. The van der Waals surface area contributed by atoms with Crippen molar-refractivity contribution in [3.05, 3.63) is 65.7 Å². The van der Waals surface area contributed by atoms with Gasteiger partial charge in [0.05, 0.1) is 11.0 Å². The minimum Gasteiger partial charge on any atom is -0.331 e. The van der Waals surface area contributed by atoms with Crippen molar-refractivity contribution in [2.75, 3.05) is 26.2 Å². The van der Waals surface area contributed by atoms with Gasteiger partial charge in [0.2, 0.25) is 0 Å². The summed E-state index contributed by atoms with van der Waals surface area (Å²) in [7, 11) is 2.08. The number of aryl methyl sites for hydroxylation is 1. The van der Waals surface area contributed by atoms with Crippen LogP contribution in [0.4, 0.5) is 4.39 Å². The number of imidazole rings is 1. The molecule has 2 aromatic carbocycles. The number of nitrogens with zero attached hydrogens (tertiary/aromatic N) is 3. The van der Waals surface area contributed by atoms with E-state index < -0.39 is 0 Å². The van der Waals surface area contributed by atoms with Crippen LogP contribution in [0.2, 0.25) is 0 Å².